The largest absolute Gasteiger partial charge is 0.340 e. The number of allylic oxidation sites excluding steroid dienone is 3. The topological polar surface area (TPSA) is 76.7 Å². The highest BCUT2D eigenvalue weighted by Crippen LogP contribution is 2.28. The van der Waals surface area contributed by atoms with Gasteiger partial charge in [-0.1, -0.05) is 37.5 Å². The number of nitrogens with one attached hydrogen (secondary N) is 2. The molecule has 1 aromatic carbocycles. The predicted octanol–water partition coefficient (Wildman–Crippen LogP) is 5.54. The first-order chi connectivity index (χ1) is 21.6. The third kappa shape index (κ3) is 8.84. The van der Waals surface area contributed by atoms with E-state index in [0.29, 0.717) is 11.5 Å². The van der Waals surface area contributed by atoms with Gasteiger partial charge >= 0.3 is 0 Å². The van der Waals surface area contributed by atoms with Crippen molar-refractivity contribution in [1.29, 1.82) is 0 Å². The van der Waals surface area contributed by atoms with Crippen LogP contribution in [0.4, 0.5) is 4.39 Å². The fourth-order valence-corrected chi connectivity index (χ4v) is 5.38. The number of benzene rings is 1. The summed E-state index contributed by atoms with van der Waals surface area (Å²) in [5.41, 5.74) is 7.74. The molecule has 45 heavy (non-hydrogen) atoms. The van der Waals surface area contributed by atoms with Gasteiger partial charge in [0, 0.05) is 28.9 Å². The first-order valence-electron chi connectivity index (χ1n) is 15.4. The fourth-order valence-electron chi connectivity index (χ4n) is 5.38. The van der Waals surface area contributed by atoms with Crippen LogP contribution in [0.2, 0.25) is 0 Å². The van der Waals surface area contributed by atoms with E-state index in [9.17, 15) is 4.39 Å². The zero-order chi connectivity index (χ0) is 32.5. The number of aryl methyl sites for hydroxylation is 3. The van der Waals surface area contributed by atoms with Crippen LogP contribution in [0.1, 0.15) is 53.4 Å². The molecule has 3 heterocycles. The number of aromatic nitrogens is 5. The molecule has 0 amide bonds. The van der Waals surface area contributed by atoms with E-state index in [1.165, 1.54) is 5.56 Å². The van der Waals surface area contributed by atoms with E-state index in [1.807, 2.05) is 64.6 Å². The minimum atomic E-state index is -0.266. The second-order valence-electron chi connectivity index (χ2n) is 12.0. The Morgan fingerprint density at radius 3 is 2.31 bits per heavy atom. The molecule has 0 spiro atoms. The standard InChI is InChI=1S/C37H46FN7/c1-9-13-32(29-19-27(21-31(38)22-29)14-11-16-44(5)6)35-26(4)40-37(41-35)36-33(34(10-2)42-43-36)18-25(3)30-20-28(23-39-24-30)15-12-17-45(7)8/h9-10,13,18-24,42H,1,3,11-12,14-17H2,2,4-8H3,(H,40,41)/b32-13-,33-18+,34-10+. The highest BCUT2D eigenvalue weighted by Gasteiger charge is 2.18. The van der Waals surface area contributed by atoms with E-state index in [-0.39, 0.29) is 5.82 Å². The van der Waals surface area contributed by atoms with E-state index in [4.69, 9.17) is 4.98 Å². The predicted molar refractivity (Wildman–Crippen MR) is 185 cm³/mol. The molecule has 0 saturated heterocycles. The van der Waals surface area contributed by atoms with Crippen molar-refractivity contribution in [3.8, 4) is 11.5 Å². The van der Waals surface area contributed by atoms with Gasteiger partial charge in [-0.05, 0) is 133 Å². The summed E-state index contributed by atoms with van der Waals surface area (Å²) in [7, 11) is 8.26. The van der Waals surface area contributed by atoms with E-state index >= 15 is 0 Å². The van der Waals surface area contributed by atoms with Crippen molar-refractivity contribution in [1.82, 2.24) is 34.9 Å². The first-order valence-corrected chi connectivity index (χ1v) is 15.4. The number of H-pyrrole nitrogens is 2. The quantitative estimate of drug-likeness (QED) is 0.184. The molecular formula is C37H46FN7. The van der Waals surface area contributed by atoms with Crippen molar-refractivity contribution in [3.05, 3.63) is 112 Å². The summed E-state index contributed by atoms with van der Waals surface area (Å²) in [5.74, 6) is 0.344. The summed E-state index contributed by atoms with van der Waals surface area (Å²) >= 11 is 0. The lowest BCUT2D eigenvalue weighted by atomic mass is 9.97. The molecule has 0 radical (unpaired) electrons. The normalized spacial score (nSPS) is 13.0. The zero-order valence-corrected chi connectivity index (χ0v) is 27.5. The molecule has 0 bridgehead atoms. The lowest BCUT2D eigenvalue weighted by Crippen LogP contribution is -2.23. The number of aromatic amines is 2. The minimum Gasteiger partial charge on any atom is -0.340 e. The zero-order valence-electron chi connectivity index (χ0n) is 27.5. The molecule has 0 aliphatic heterocycles. The van der Waals surface area contributed by atoms with Crippen LogP contribution in [-0.2, 0) is 12.8 Å². The first kappa shape index (κ1) is 33.5. The van der Waals surface area contributed by atoms with Crippen molar-refractivity contribution in [2.45, 2.75) is 39.5 Å². The molecule has 0 saturated carbocycles. The minimum absolute atomic E-state index is 0.266. The van der Waals surface area contributed by atoms with Gasteiger partial charge in [0.25, 0.3) is 0 Å². The summed E-state index contributed by atoms with van der Waals surface area (Å²) in [6, 6.07) is 7.38. The Kier molecular flexibility index (Phi) is 11.6. The van der Waals surface area contributed by atoms with Crippen molar-refractivity contribution < 1.29 is 4.39 Å². The molecule has 4 rings (SSSR count). The molecule has 236 valence electrons. The van der Waals surface area contributed by atoms with E-state index in [0.717, 1.165) is 88.6 Å². The number of nitrogens with zero attached hydrogens (tertiary/aromatic N) is 5. The van der Waals surface area contributed by atoms with Crippen LogP contribution >= 0.6 is 0 Å². The third-order valence-corrected chi connectivity index (χ3v) is 7.67. The summed E-state index contributed by atoms with van der Waals surface area (Å²) < 4.78 is 14.8. The van der Waals surface area contributed by atoms with Gasteiger partial charge in [-0.25, -0.2) is 9.37 Å². The molecule has 0 aliphatic carbocycles. The highest BCUT2D eigenvalue weighted by molar-refractivity contribution is 5.88. The van der Waals surface area contributed by atoms with Crippen LogP contribution in [-0.4, -0.2) is 76.2 Å². The second-order valence-corrected chi connectivity index (χ2v) is 12.0. The summed E-state index contributed by atoms with van der Waals surface area (Å²) in [6.07, 6.45) is 15.1. The van der Waals surface area contributed by atoms with Gasteiger partial charge in [0.2, 0.25) is 0 Å². The Hall–Kier alpha value is -4.40. The number of hydrogen-bond donors (Lipinski definition) is 2. The van der Waals surface area contributed by atoms with Crippen LogP contribution in [0, 0.1) is 12.7 Å². The molecule has 4 aromatic rings. The molecule has 0 atom stereocenters. The number of imidazole rings is 1. The Bertz CT molecular complexity index is 1790. The lowest BCUT2D eigenvalue weighted by Gasteiger charge is -2.11. The summed E-state index contributed by atoms with van der Waals surface area (Å²) in [6.45, 7) is 14.2. The van der Waals surface area contributed by atoms with Crippen LogP contribution < -0.4 is 10.6 Å². The van der Waals surface area contributed by atoms with E-state index in [2.05, 4.69) is 63.3 Å². The molecule has 7 nitrogen and oxygen atoms in total. The van der Waals surface area contributed by atoms with Gasteiger partial charge in [-0.3, -0.25) is 10.1 Å². The third-order valence-electron chi connectivity index (χ3n) is 7.67. The molecule has 0 aliphatic rings. The number of halogens is 1. The van der Waals surface area contributed by atoms with Crippen LogP contribution in [0.5, 0.6) is 0 Å². The van der Waals surface area contributed by atoms with Crippen molar-refractivity contribution >= 4 is 23.3 Å². The van der Waals surface area contributed by atoms with Gasteiger partial charge in [0.15, 0.2) is 5.82 Å². The van der Waals surface area contributed by atoms with E-state index < -0.39 is 0 Å². The second kappa shape index (κ2) is 15.5. The summed E-state index contributed by atoms with van der Waals surface area (Å²) in [4.78, 5) is 17.2. The maximum Gasteiger partial charge on any atom is 0.159 e. The van der Waals surface area contributed by atoms with Crippen LogP contribution in [0.25, 0.3) is 34.8 Å². The smallest absolute Gasteiger partial charge is 0.159 e. The van der Waals surface area contributed by atoms with Gasteiger partial charge in [0.1, 0.15) is 11.5 Å². The number of pyridine rings is 1. The number of hydrogen-bond acceptors (Lipinski definition) is 5. The van der Waals surface area contributed by atoms with Gasteiger partial charge in [0.05, 0.1) is 11.0 Å². The maximum absolute atomic E-state index is 14.8. The molecule has 2 N–H and O–H groups in total. The molecule has 0 fully saturated rings. The lowest BCUT2D eigenvalue weighted by molar-refractivity contribution is 0.400. The molecule has 8 heteroatoms. The van der Waals surface area contributed by atoms with Crippen molar-refractivity contribution in [3.63, 3.8) is 0 Å². The Morgan fingerprint density at radius 2 is 1.64 bits per heavy atom. The van der Waals surface area contributed by atoms with Crippen molar-refractivity contribution in [2.24, 2.45) is 0 Å². The average Bonchev–Trinajstić information content (AvgIpc) is 3.57. The monoisotopic (exact) mass is 607 g/mol. The van der Waals surface area contributed by atoms with Gasteiger partial charge in [-0.2, -0.15) is 5.10 Å². The Morgan fingerprint density at radius 1 is 0.956 bits per heavy atom. The van der Waals surface area contributed by atoms with Crippen LogP contribution in [0.15, 0.2) is 62.0 Å². The molecule has 0 unspecified atom stereocenters. The van der Waals surface area contributed by atoms with Gasteiger partial charge in [-0.15, -0.1) is 0 Å². The average molecular weight is 608 g/mol. The Labute approximate surface area is 266 Å². The summed E-state index contributed by atoms with van der Waals surface area (Å²) in [5, 5.41) is 9.53. The Balaban J connectivity index is 1.70. The van der Waals surface area contributed by atoms with Crippen LogP contribution in [0.3, 0.4) is 0 Å². The van der Waals surface area contributed by atoms with E-state index in [1.54, 1.807) is 18.2 Å². The molecule has 3 aromatic heterocycles. The molecular weight excluding hydrogens is 561 g/mol. The van der Waals surface area contributed by atoms with Gasteiger partial charge < -0.3 is 14.8 Å². The highest BCUT2D eigenvalue weighted by atomic mass is 19.1. The fraction of sp³-hybridized carbons (Fsp3) is 0.324. The SMILES string of the molecule is C=C/C=C(/c1cc(F)cc(CCCN(C)C)c1)c1nc(-c2n[nH]c(=C/C)/c2=C\C(=C)c2cncc(CCCN(C)C)c2)[nH]c1C. The maximum atomic E-state index is 14.8. The number of rotatable bonds is 14. The van der Waals surface area contributed by atoms with Crippen molar-refractivity contribution in [2.75, 3.05) is 41.3 Å².